The van der Waals surface area contributed by atoms with Crippen molar-refractivity contribution in [3.05, 3.63) is 69.3 Å². The minimum absolute atomic E-state index is 0.570. The predicted molar refractivity (Wildman–Crippen MR) is 82.5 cm³/mol. The Morgan fingerprint density at radius 2 is 1.68 bits per heavy atom. The lowest BCUT2D eigenvalue weighted by molar-refractivity contribution is 0.837. The zero-order valence-electron chi connectivity index (χ0n) is 9.91. The molecule has 0 bridgehead atoms. The number of aromatic nitrogens is 1. The fourth-order valence-electron chi connectivity index (χ4n) is 2.18. The molecule has 0 aliphatic rings. The molecule has 0 atom stereocenters. The molecule has 19 heavy (non-hydrogen) atoms. The summed E-state index contributed by atoms with van der Waals surface area (Å²) < 4.78 is 2.11. The highest BCUT2D eigenvalue weighted by Crippen LogP contribution is 2.27. The summed E-state index contributed by atoms with van der Waals surface area (Å²) in [6, 6.07) is 13.6. The second-order valence-electron chi connectivity index (χ2n) is 4.37. The maximum atomic E-state index is 6.26. The van der Waals surface area contributed by atoms with Gasteiger partial charge in [0.25, 0.3) is 0 Å². The van der Waals surface area contributed by atoms with Crippen LogP contribution >= 0.6 is 34.8 Å². The number of rotatable bonds is 2. The van der Waals surface area contributed by atoms with E-state index in [0.29, 0.717) is 16.6 Å². The number of nitrogens with zero attached hydrogens (tertiary/aromatic N) is 1. The van der Waals surface area contributed by atoms with Crippen LogP contribution in [0.3, 0.4) is 0 Å². The van der Waals surface area contributed by atoms with Gasteiger partial charge in [-0.25, -0.2) is 0 Å². The molecule has 0 amide bonds. The maximum Gasteiger partial charge on any atom is 0.0672 e. The van der Waals surface area contributed by atoms with Crippen LogP contribution in [-0.4, -0.2) is 4.57 Å². The number of para-hydroxylation sites is 1. The van der Waals surface area contributed by atoms with Crippen molar-refractivity contribution in [1.29, 1.82) is 0 Å². The zero-order chi connectivity index (χ0) is 13.4. The SMILES string of the molecule is Clc1ccc(Cn2ccc3cccc(Cl)c32)cc1Cl. The lowest BCUT2D eigenvalue weighted by Gasteiger charge is -2.08. The van der Waals surface area contributed by atoms with Crippen molar-refractivity contribution >= 4 is 45.7 Å². The third kappa shape index (κ3) is 2.46. The smallest absolute Gasteiger partial charge is 0.0672 e. The number of fused-ring (bicyclic) bond motifs is 1. The van der Waals surface area contributed by atoms with Gasteiger partial charge in [0.1, 0.15) is 0 Å². The van der Waals surface area contributed by atoms with E-state index in [9.17, 15) is 0 Å². The second-order valence-corrected chi connectivity index (χ2v) is 5.59. The van der Waals surface area contributed by atoms with Crippen LogP contribution in [0.5, 0.6) is 0 Å². The van der Waals surface area contributed by atoms with Crippen LogP contribution in [0.1, 0.15) is 5.56 Å². The lowest BCUT2D eigenvalue weighted by Crippen LogP contribution is -1.98. The molecule has 3 aromatic rings. The molecule has 3 rings (SSSR count). The standard InChI is InChI=1S/C15H10Cl3N/c16-12-5-4-10(8-14(12)18)9-19-7-6-11-2-1-3-13(17)15(11)19/h1-8H,9H2. The number of benzene rings is 2. The van der Waals surface area contributed by atoms with Gasteiger partial charge in [0, 0.05) is 18.1 Å². The number of hydrogen-bond donors (Lipinski definition) is 0. The van der Waals surface area contributed by atoms with Gasteiger partial charge in [-0.3, -0.25) is 0 Å². The monoisotopic (exact) mass is 309 g/mol. The van der Waals surface area contributed by atoms with E-state index in [4.69, 9.17) is 34.8 Å². The fraction of sp³-hybridized carbons (Fsp3) is 0.0667. The van der Waals surface area contributed by atoms with Crippen molar-refractivity contribution in [3.63, 3.8) is 0 Å². The van der Waals surface area contributed by atoms with E-state index in [2.05, 4.69) is 10.6 Å². The first-order chi connectivity index (χ1) is 9.15. The summed E-state index contributed by atoms with van der Waals surface area (Å²) >= 11 is 18.2. The van der Waals surface area contributed by atoms with Crippen molar-refractivity contribution in [3.8, 4) is 0 Å². The summed E-state index contributed by atoms with van der Waals surface area (Å²) in [5.41, 5.74) is 2.13. The molecule has 96 valence electrons. The van der Waals surface area contributed by atoms with E-state index in [1.165, 1.54) is 0 Å². The third-order valence-corrected chi connectivity index (χ3v) is 4.12. The van der Waals surface area contributed by atoms with Gasteiger partial charge < -0.3 is 4.57 Å². The van der Waals surface area contributed by atoms with Crippen molar-refractivity contribution in [2.75, 3.05) is 0 Å². The molecule has 1 nitrogen and oxygen atoms in total. The molecule has 1 aromatic heterocycles. The van der Waals surface area contributed by atoms with Crippen molar-refractivity contribution in [2.45, 2.75) is 6.54 Å². The predicted octanol–water partition coefficient (Wildman–Crippen LogP) is 5.65. The van der Waals surface area contributed by atoms with Crippen LogP contribution in [-0.2, 0) is 6.54 Å². The first-order valence-corrected chi connectivity index (χ1v) is 6.96. The minimum atomic E-state index is 0.570. The molecule has 0 N–H and O–H groups in total. The second kappa shape index (κ2) is 5.09. The van der Waals surface area contributed by atoms with Crippen LogP contribution in [0, 0.1) is 0 Å². The lowest BCUT2D eigenvalue weighted by atomic mass is 10.2. The molecule has 0 radical (unpaired) electrons. The summed E-state index contributed by atoms with van der Waals surface area (Å²) in [5.74, 6) is 0. The summed E-state index contributed by atoms with van der Waals surface area (Å²) in [4.78, 5) is 0. The Balaban J connectivity index is 2.03. The van der Waals surface area contributed by atoms with E-state index in [0.717, 1.165) is 21.5 Å². The van der Waals surface area contributed by atoms with Crippen LogP contribution < -0.4 is 0 Å². The van der Waals surface area contributed by atoms with Gasteiger partial charge in [0.05, 0.1) is 20.6 Å². The van der Waals surface area contributed by atoms with Gasteiger partial charge in [-0.05, 0) is 29.8 Å². The molecular formula is C15H10Cl3N. The van der Waals surface area contributed by atoms with Gasteiger partial charge in [-0.15, -0.1) is 0 Å². The van der Waals surface area contributed by atoms with Crippen LogP contribution in [0.25, 0.3) is 10.9 Å². The maximum absolute atomic E-state index is 6.26. The molecule has 4 heteroatoms. The molecule has 0 aliphatic carbocycles. The van der Waals surface area contributed by atoms with E-state index >= 15 is 0 Å². The van der Waals surface area contributed by atoms with Gasteiger partial charge >= 0.3 is 0 Å². The largest absolute Gasteiger partial charge is 0.342 e. The average Bonchev–Trinajstić information content (AvgIpc) is 2.79. The molecule has 0 spiro atoms. The molecule has 0 saturated carbocycles. The first-order valence-electron chi connectivity index (χ1n) is 5.82. The topological polar surface area (TPSA) is 4.93 Å². The Kier molecular flexibility index (Phi) is 3.44. The van der Waals surface area contributed by atoms with Gasteiger partial charge in [0.15, 0.2) is 0 Å². The van der Waals surface area contributed by atoms with Crippen molar-refractivity contribution < 1.29 is 0 Å². The molecule has 0 unspecified atom stereocenters. The Hall–Kier alpha value is -1.15. The first kappa shape index (κ1) is 12.9. The number of hydrogen-bond acceptors (Lipinski definition) is 0. The fourth-order valence-corrected chi connectivity index (χ4v) is 2.79. The molecule has 0 saturated heterocycles. The van der Waals surface area contributed by atoms with Crippen molar-refractivity contribution in [2.24, 2.45) is 0 Å². The quantitative estimate of drug-likeness (QED) is 0.576. The van der Waals surface area contributed by atoms with Crippen LogP contribution in [0.15, 0.2) is 48.7 Å². The molecule has 2 aromatic carbocycles. The summed E-state index contributed by atoms with van der Waals surface area (Å²) in [6.07, 6.45) is 2.03. The van der Waals surface area contributed by atoms with Gasteiger partial charge in [0.2, 0.25) is 0 Å². The highest BCUT2D eigenvalue weighted by Gasteiger charge is 2.06. The van der Waals surface area contributed by atoms with E-state index < -0.39 is 0 Å². The number of halogens is 3. The Morgan fingerprint density at radius 1 is 0.842 bits per heavy atom. The normalized spacial score (nSPS) is 11.1. The molecular weight excluding hydrogens is 301 g/mol. The summed E-state index contributed by atoms with van der Waals surface area (Å²) in [5, 5.41) is 3.03. The highest BCUT2D eigenvalue weighted by molar-refractivity contribution is 6.42. The van der Waals surface area contributed by atoms with E-state index in [1.54, 1.807) is 0 Å². The minimum Gasteiger partial charge on any atom is -0.342 e. The van der Waals surface area contributed by atoms with E-state index in [-0.39, 0.29) is 0 Å². The van der Waals surface area contributed by atoms with Crippen molar-refractivity contribution in [1.82, 2.24) is 4.57 Å². The highest BCUT2D eigenvalue weighted by atomic mass is 35.5. The Morgan fingerprint density at radius 3 is 2.47 bits per heavy atom. The molecule has 0 fully saturated rings. The zero-order valence-corrected chi connectivity index (χ0v) is 12.2. The van der Waals surface area contributed by atoms with Gasteiger partial charge in [-0.1, -0.05) is 53.0 Å². The Bertz CT molecular complexity index is 746. The Labute approximate surface area is 126 Å². The van der Waals surface area contributed by atoms with E-state index in [1.807, 2.05) is 42.6 Å². The summed E-state index contributed by atoms with van der Waals surface area (Å²) in [6.45, 7) is 0.712. The van der Waals surface area contributed by atoms with Crippen LogP contribution in [0.4, 0.5) is 0 Å². The summed E-state index contributed by atoms with van der Waals surface area (Å²) in [7, 11) is 0. The average molecular weight is 311 g/mol. The third-order valence-electron chi connectivity index (χ3n) is 3.08. The van der Waals surface area contributed by atoms with Crippen LogP contribution in [0.2, 0.25) is 15.1 Å². The molecule has 1 heterocycles. The van der Waals surface area contributed by atoms with Gasteiger partial charge in [-0.2, -0.15) is 0 Å². The molecule has 0 aliphatic heterocycles.